The van der Waals surface area contributed by atoms with Gasteiger partial charge in [-0.3, -0.25) is 9.59 Å². The topological polar surface area (TPSA) is 79.1 Å². The zero-order chi connectivity index (χ0) is 22.2. The summed E-state index contributed by atoms with van der Waals surface area (Å²) < 4.78 is 18.4. The molecule has 0 saturated carbocycles. The van der Waals surface area contributed by atoms with Crippen molar-refractivity contribution in [3.8, 4) is 11.5 Å². The van der Waals surface area contributed by atoms with E-state index in [-0.39, 0.29) is 6.54 Å². The molecule has 8 heteroatoms. The number of methoxy groups -OCH3 is 2. The van der Waals surface area contributed by atoms with Crippen molar-refractivity contribution in [3.05, 3.63) is 52.8 Å². The molecule has 1 heterocycles. The number of carbonyl (C=O) groups is 2. The first-order chi connectivity index (χ1) is 15.0. The zero-order valence-electron chi connectivity index (χ0n) is 17.9. The third kappa shape index (κ3) is 5.73. The van der Waals surface area contributed by atoms with Crippen LogP contribution in [0.3, 0.4) is 0 Å². The van der Waals surface area contributed by atoms with Crippen molar-refractivity contribution in [2.45, 2.75) is 32.7 Å². The van der Waals surface area contributed by atoms with Gasteiger partial charge in [0.1, 0.15) is 18.0 Å². The van der Waals surface area contributed by atoms with Gasteiger partial charge in [-0.05, 0) is 42.8 Å². The Morgan fingerprint density at radius 1 is 1.06 bits per heavy atom. The van der Waals surface area contributed by atoms with Crippen molar-refractivity contribution in [1.29, 1.82) is 0 Å². The number of thiazole rings is 1. The minimum atomic E-state index is -0.424. The number of nitrogens with zero attached hydrogens (tertiary/aromatic N) is 2. The number of amides is 1. The maximum atomic E-state index is 12.9. The van der Waals surface area contributed by atoms with Crippen LogP contribution in [0.5, 0.6) is 11.5 Å². The number of hydrogen-bond acceptors (Lipinski definition) is 6. The van der Waals surface area contributed by atoms with Gasteiger partial charge in [0, 0.05) is 5.56 Å². The standard InChI is InChI=1S/C23H26N2O5S/c1-4-5-6-12-30-18-9-7-8-16(13-18)22(27)24-23-25(15-21(26)29-3)19-11-10-17(28-2)14-20(19)31-23/h7-11,13-14H,4-6,12,15H2,1-3H3. The second-order valence-electron chi connectivity index (χ2n) is 6.88. The fourth-order valence-electron chi connectivity index (χ4n) is 3.02. The molecule has 0 aliphatic carbocycles. The smallest absolute Gasteiger partial charge is 0.325 e. The molecule has 31 heavy (non-hydrogen) atoms. The Labute approximate surface area is 184 Å². The number of rotatable bonds is 9. The highest BCUT2D eigenvalue weighted by Gasteiger charge is 2.13. The highest BCUT2D eigenvalue weighted by atomic mass is 32.1. The Balaban J connectivity index is 1.94. The van der Waals surface area contributed by atoms with E-state index < -0.39 is 11.9 Å². The highest BCUT2D eigenvalue weighted by Crippen LogP contribution is 2.23. The molecule has 1 aromatic heterocycles. The third-order valence-electron chi connectivity index (χ3n) is 4.70. The Hall–Kier alpha value is -3.13. The third-order valence-corrected chi connectivity index (χ3v) is 5.74. The van der Waals surface area contributed by atoms with Crippen molar-refractivity contribution in [2.24, 2.45) is 4.99 Å². The van der Waals surface area contributed by atoms with E-state index in [4.69, 9.17) is 14.2 Å². The molecule has 0 fully saturated rings. The lowest BCUT2D eigenvalue weighted by molar-refractivity contribution is -0.141. The second-order valence-corrected chi connectivity index (χ2v) is 7.89. The van der Waals surface area contributed by atoms with E-state index in [1.54, 1.807) is 35.9 Å². The number of unbranched alkanes of at least 4 members (excludes halogenated alkanes) is 2. The number of fused-ring (bicyclic) bond motifs is 1. The summed E-state index contributed by atoms with van der Waals surface area (Å²) in [4.78, 5) is 29.5. The van der Waals surface area contributed by atoms with E-state index >= 15 is 0 Å². The summed E-state index contributed by atoms with van der Waals surface area (Å²) in [5.74, 6) is 0.494. The Morgan fingerprint density at radius 2 is 1.90 bits per heavy atom. The minimum absolute atomic E-state index is 0.0461. The SMILES string of the molecule is CCCCCOc1cccc(C(=O)N=c2sc3cc(OC)ccc3n2CC(=O)OC)c1. The Bertz CT molecular complexity index is 1130. The zero-order valence-corrected chi connectivity index (χ0v) is 18.7. The largest absolute Gasteiger partial charge is 0.497 e. The summed E-state index contributed by atoms with van der Waals surface area (Å²) >= 11 is 1.31. The van der Waals surface area contributed by atoms with E-state index in [0.717, 1.165) is 29.5 Å². The number of aromatic nitrogens is 1. The number of hydrogen-bond donors (Lipinski definition) is 0. The van der Waals surface area contributed by atoms with Crippen LogP contribution in [-0.2, 0) is 16.1 Å². The summed E-state index contributed by atoms with van der Waals surface area (Å²) in [6, 6.07) is 12.5. The molecule has 0 atom stereocenters. The normalized spacial score (nSPS) is 11.5. The number of ether oxygens (including phenoxy) is 3. The fraction of sp³-hybridized carbons (Fsp3) is 0.348. The van der Waals surface area contributed by atoms with E-state index in [1.165, 1.54) is 18.4 Å². The van der Waals surface area contributed by atoms with Crippen molar-refractivity contribution in [1.82, 2.24) is 4.57 Å². The maximum absolute atomic E-state index is 12.9. The lowest BCUT2D eigenvalue weighted by Crippen LogP contribution is -2.22. The molecular formula is C23H26N2O5S. The molecule has 0 aliphatic heterocycles. The molecule has 0 aliphatic rings. The summed E-state index contributed by atoms with van der Waals surface area (Å²) in [6.45, 7) is 2.70. The first kappa shape index (κ1) is 22.6. The summed E-state index contributed by atoms with van der Waals surface area (Å²) in [6.07, 6.45) is 3.19. The second kappa shape index (κ2) is 10.8. The predicted octanol–water partition coefficient (Wildman–Crippen LogP) is 4.19. The van der Waals surface area contributed by atoms with Gasteiger partial charge in [-0.25, -0.2) is 0 Å². The van der Waals surface area contributed by atoms with Gasteiger partial charge in [-0.15, -0.1) is 0 Å². The molecule has 0 spiro atoms. The molecule has 0 N–H and O–H groups in total. The lowest BCUT2D eigenvalue weighted by Gasteiger charge is -2.06. The van der Waals surface area contributed by atoms with E-state index in [9.17, 15) is 9.59 Å². The molecule has 0 radical (unpaired) electrons. The van der Waals surface area contributed by atoms with Crippen LogP contribution >= 0.6 is 11.3 Å². The Kier molecular flexibility index (Phi) is 7.83. The number of carbonyl (C=O) groups excluding carboxylic acids is 2. The predicted molar refractivity (Wildman–Crippen MR) is 120 cm³/mol. The van der Waals surface area contributed by atoms with Gasteiger partial charge in [0.2, 0.25) is 0 Å². The van der Waals surface area contributed by atoms with Crippen LogP contribution in [0.2, 0.25) is 0 Å². The molecule has 0 bridgehead atoms. The molecule has 3 rings (SSSR count). The van der Waals surface area contributed by atoms with E-state index in [2.05, 4.69) is 11.9 Å². The summed E-state index contributed by atoms with van der Waals surface area (Å²) in [5, 5.41) is 0. The van der Waals surface area contributed by atoms with Crippen LogP contribution in [0, 0.1) is 0 Å². The molecule has 2 aromatic carbocycles. The molecule has 164 valence electrons. The van der Waals surface area contributed by atoms with Crippen molar-refractivity contribution in [3.63, 3.8) is 0 Å². The van der Waals surface area contributed by atoms with Gasteiger partial charge in [0.05, 0.1) is 31.0 Å². The molecule has 1 amide bonds. The minimum Gasteiger partial charge on any atom is -0.497 e. The van der Waals surface area contributed by atoms with Crippen molar-refractivity contribution >= 4 is 33.4 Å². The van der Waals surface area contributed by atoms with Gasteiger partial charge >= 0.3 is 5.97 Å². The van der Waals surface area contributed by atoms with Gasteiger partial charge in [-0.2, -0.15) is 4.99 Å². The average Bonchev–Trinajstić information content (AvgIpc) is 3.12. The molecule has 3 aromatic rings. The van der Waals surface area contributed by atoms with Crippen LogP contribution in [0.1, 0.15) is 36.5 Å². The van der Waals surface area contributed by atoms with E-state index in [1.807, 2.05) is 18.2 Å². The maximum Gasteiger partial charge on any atom is 0.325 e. The molecule has 0 saturated heterocycles. The van der Waals surface area contributed by atoms with E-state index in [0.29, 0.717) is 28.5 Å². The van der Waals surface area contributed by atoms with Crippen LogP contribution in [-0.4, -0.2) is 37.3 Å². The van der Waals surface area contributed by atoms with Gasteiger partial charge < -0.3 is 18.8 Å². The molecule has 0 unspecified atom stereocenters. The fourth-order valence-corrected chi connectivity index (χ4v) is 4.08. The van der Waals surface area contributed by atoms with Gasteiger partial charge in [0.25, 0.3) is 5.91 Å². The van der Waals surface area contributed by atoms with Crippen LogP contribution in [0.25, 0.3) is 10.2 Å². The van der Waals surface area contributed by atoms with Crippen molar-refractivity contribution in [2.75, 3.05) is 20.8 Å². The Morgan fingerprint density at radius 3 is 2.65 bits per heavy atom. The first-order valence-electron chi connectivity index (χ1n) is 10.1. The average molecular weight is 443 g/mol. The monoisotopic (exact) mass is 442 g/mol. The molecular weight excluding hydrogens is 416 g/mol. The summed E-state index contributed by atoms with van der Waals surface area (Å²) in [5.41, 5.74) is 1.20. The van der Waals surface area contributed by atoms with Crippen LogP contribution < -0.4 is 14.3 Å². The van der Waals surface area contributed by atoms with Gasteiger partial charge in [-0.1, -0.05) is 37.2 Å². The number of benzene rings is 2. The summed E-state index contributed by atoms with van der Waals surface area (Å²) in [7, 11) is 2.91. The molecule has 7 nitrogen and oxygen atoms in total. The van der Waals surface area contributed by atoms with Crippen LogP contribution in [0.4, 0.5) is 0 Å². The van der Waals surface area contributed by atoms with Crippen LogP contribution in [0.15, 0.2) is 47.5 Å². The number of esters is 1. The van der Waals surface area contributed by atoms with Crippen molar-refractivity contribution < 1.29 is 23.8 Å². The lowest BCUT2D eigenvalue weighted by atomic mass is 10.2. The highest BCUT2D eigenvalue weighted by molar-refractivity contribution is 7.16. The first-order valence-corrected chi connectivity index (χ1v) is 10.9. The quantitative estimate of drug-likeness (QED) is 0.367. The van der Waals surface area contributed by atoms with Gasteiger partial charge in [0.15, 0.2) is 4.80 Å².